The fourth-order valence-corrected chi connectivity index (χ4v) is 6.17. The van der Waals surface area contributed by atoms with Crippen LogP contribution in [0.15, 0.2) is 42.9 Å². The first-order valence-corrected chi connectivity index (χ1v) is 14.0. The fraction of sp³-hybridized carbons (Fsp3) is 0.433. The van der Waals surface area contributed by atoms with Gasteiger partial charge in [-0.05, 0) is 88.1 Å². The number of halogens is 1. The SMILES string of the molecule is Cc1cc(C(=O)N2CCC(c3cn(C4CCC(O)CC4)c4nc(Nc5ccc(F)nc5)ncc34)CC2)cc(C)n1. The maximum Gasteiger partial charge on any atom is 0.253 e. The first-order valence-electron chi connectivity index (χ1n) is 14.0. The molecule has 1 aliphatic heterocycles. The number of nitrogens with one attached hydrogen (secondary N) is 1. The second kappa shape index (κ2) is 10.9. The molecule has 208 valence electrons. The van der Waals surface area contributed by atoms with Gasteiger partial charge in [-0.2, -0.15) is 9.37 Å². The Morgan fingerprint density at radius 3 is 2.38 bits per heavy atom. The minimum atomic E-state index is -0.543. The van der Waals surface area contributed by atoms with Gasteiger partial charge in [0.15, 0.2) is 0 Å². The summed E-state index contributed by atoms with van der Waals surface area (Å²) in [6.45, 7) is 5.20. The van der Waals surface area contributed by atoms with Crippen molar-refractivity contribution in [2.75, 3.05) is 18.4 Å². The molecule has 0 atom stereocenters. The zero-order valence-electron chi connectivity index (χ0n) is 22.8. The summed E-state index contributed by atoms with van der Waals surface area (Å²) in [6, 6.07) is 6.87. The molecule has 0 unspecified atom stereocenters. The van der Waals surface area contributed by atoms with Gasteiger partial charge in [-0.3, -0.25) is 9.78 Å². The highest BCUT2D eigenvalue weighted by Gasteiger charge is 2.30. The first-order chi connectivity index (χ1) is 19.3. The van der Waals surface area contributed by atoms with Crippen LogP contribution in [-0.4, -0.2) is 59.6 Å². The summed E-state index contributed by atoms with van der Waals surface area (Å²) < 4.78 is 15.5. The van der Waals surface area contributed by atoms with Crippen molar-refractivity contribution in [2.45, 2.75) is 70.4 Å². The summed E-state index contributed by atoms with van der Waals surface area (Å²) in [5.74, 6) is 0.223. The lowest BCUT2D eigenvalue weighted by Crippen LogP contribution is -2.38. The van der Waals surface area contributed by atoms with Crippen LogP contribution >= 0.6 is 0 Å². The molecule has 40 heavy (non-hydrogen) atoms. The predicted octanol–water partition coefficient (Wildman–Crippen LogP) is 5.22. The van der Waals surface area contributed by atoms with Crippen LogP contribution in [0.4, 0.5) is 16.0 Å². The number of aromatic nitrogens is 5. The van der Waals surface area contributed by atoms with Gasteiger partial charge in [-0.25, -0.2) is 9.97 Å². The molecule has 2 fully saturated rings. The van der Waals surface area contributed by atoms with Gasteiger partial charge in [0.1, 0.15) is 5.65 Å². The average Bonchev–Trinajstić information content (AvgIpc) is 3.33. The quantitative estimate of drug-likeness (QED) is 0.332. The van der Waals surface area contributed by atoms with Crippen molar-refractivity contribution in [3.8, 4) is 0 Å². The van der Waals surface area contributed by atoms with Gasteiger partial charge in [-0.15, -0.1) is 0 Å². The van der Waals surface area contributed by atoms with Crippen LogP contribution < -0.4 is 5.32 Å². The van der Waals surface area contributed by atoms with Crippen LogP contribution in [0.25, 0.3) is 11.0 Å². The van der Waals surface area contributed by atoms with Crippen molar-refractivity contribution in [1.29, 1.82) is 0 Å². The topological polar surface area (TPSA) is 109 Å². The van der Waals surface area contributed by atoms with Crippen LogP contribution in [0, 0.1) is 19.8 Å². The standard InChI is InChI=1S/C30H34FN7O2/c1-18-13-21(14-19(2)34-18)29(40)37-11-9-20(10-12-37)26-17-38(23-4-6-24(39)7-5-23)28-25(26)16-33-30(36-28)35-22-3-8-27(31)32-15-22/h3,8,13-17,20,23-24,39H,4-7,9-12H2,1-2H3,(H,33,35,36). The number of rotatable bonds is 5. The van der Waals surface area contributed by atoms with Crippen molar-refractivity contribution in [1.82, 2.24) is 29.4 Å². The molecule has 5 heterocycles. The summed E-state index contributed by atoms with van der Waals surface area (Å²) in [4.78, 5) is 32.7. The van der Waals surface area contributed by atoms with E-state index in [4.69, 9.17) is 4.98 Å². The maximum atomic E-state index is 13.3. The van der Waals surface area contributed by atoms with Crippen molar-refractivity contribution < 1.29 is 14.3 Å². The Labute approximate surface area is 232 Å². The van der Waals surface area contributed by atoms with Crippen molar-refractivity contribution in [3.05, 3.63) is 71.3 Å². The van der Waals surface area contributed by atoms with Crippen LogP contribution in [0.3, 0.4) is 0 Å². The number of hydrogen-bond donors (Lipinski definition) is 2. The Bertz CT molecular complexity index is 1500. The minimum Gasteiger partial charge on any atom is -0.393 e. The average molecular weight is 544 g/mol. The smallest absolute Gasteiger partial charge is 0.253 e. The number of pyridine rings is 2. The lowest BCUT2D eigenvalue weighted by Gasteiger charge is -2.32. The number of nitrogens with zero attached hydrogens (tertiary/aromatic N) is 6. The summed E-state index contributed by atoms with van der Waals surface area (Å²) in [5, 5.41) is 14.2. The lowest BCUT2D eigenvalue weighted by atomic mass is 9.89. The number of fused-ring (bicyclic) bond motifs is 1. The van der Waals surface area contributed by atoms with Gasteiger partial charge >= 0.3 is 0 Å². The van der Waals surface area contributed by atoms with E-state index < -0.39 is 5.95 Å². The van der Waals surface area contributed by atoms with E-state index in [1.165, 1.54) is 17.8 Å². The maximum absolute atomic E-state index is 13.3. The zero-order chi connectivity index (χ0) is 27.8. The molecule has 2 N–H and O–H groups in total. The Morgan fingerprint density at radius 1 is 0.975 bits per heavy atom. The van der Waals surface area contributed by atoms with E-state index in [0.717, 1.165) is 60.9 Å². The number of hydrogen-bond acceptors (Lipinski definition) is 7. The number of amides is 1. The third-order valence-electron chi connectivity index (χ3n) is 8.20. The molecule has 1 amide bonds. The minimum absolute atomic E-state index is 0.0598. The molecule has 1 aliphatic carbocycles. The molecule has 4 aromatic heterocycles. The van der Waals surface area contributed by atoms with E-state index in [0.29, 0.717) is 30.3 Å². The molecule has 2 aliphatic rings. The monoisotopic (exact) mass is 543 g/mol. The predicted molar refractivity (Wildman–Crippen MR) is 150 cm³/mol. The van der Waals surface area contributed by atoms with Gasteiger partial charge in [0.05, 0.1) is 18.0 Å². The summed E-state index contributed by atoms with van der Waals surface area (Å²) >= 11 is 0. The summed E-state index contributed by atoms with van der Waals surface area (Å²) in [7, 11) is 0. The number of aryl methyl sites for hydroxylation is 2. The summed E-state index contributed by atoms with van der Waals surface area (Å²) in [6.07, 6.45) is 10.3. The van der Waals surface area contributed by atoms with Gasteiger partial charge in [0.2, 0.25) is 11.9 Å². The van der Waals surface area contributed by atoms with Gasteiger partial charge < -0.3 is 19.9 Å². The molecule has 1 saturated heterocycles. The number of carbonyl (C=O) groups excluding carboxylic acids is 1. The fourth-order valence-electron chi connectivity index (χ4n) is 6.17. The van der Waals surface area contributed by atoms with Crippen molar-refractivity contribution in [2.24, 2.45) is 0 Å². The molecule has 0 radical (unpaired) electrons. The third-order valence-corrected chi connectivity index (χ3v) is 8.20. The van der Waals surface area contributed by atoms with E-state index in [9.17, 15) is 14.3 Å². The molecule has 1 saturated carbocycles. The van der Waals surface area contributed by atoms with Gasteiger partial charge in [0, 0.05) is 53.9 Å². The Hall–Kier alpha value is -3.92. The highest BCUT2D eigenvalue weighted by Crippen LogP contribution is 2.38. The molecule has 0 bridgehead atoms. The van der Waals surface area contributed by atoms with E-state index in [2.05, 4.69) is 31.0 Å². The number of aliphatic hydroxyl groups excluding tert-OH is 1. The Kier molecular flexibility index (Phi) is 7.18. The van der Waals surface area contributed by atoms with Gasteiger partial charge in [0.25, 0.3) is 5.91 Å². The summed E-state index contributed by atoms with van der Waals surface area (Å²) in [5.41, 5.74) is 5.07. The van der Waals surface area contributed by atoms with Crippen LogP contribution in [-0.2, 0) is 0 Å². The van der Waals surface area contributed by atoms with E-state index in [1.807, 2.05) is 37.1 Å². The first kappa shape index (κ1) is 26.3. The van der Waals surface area contributed by atoms with Crippen LogP contribution in [0.5, 0.6) is 0 Å². The largest absolute Gasteiger partial charge is 0.393 e. The number of carbonyl (C=O) groups is 1. The lowest BCUT2D eigenvalue weighted by molar-refractivity contribution is 0.0712. The Morgan fingerprint density at radius 2 is 1.70 bits per heavy atom. The molecule has 0 spiro atoms. The van der Waals surface area contributed by atoms with Crippen LogP contribution in [0.1, 0.15) is 77.8 Å². The molecule has 4 aromatic rings. The van der Waals surface area contributed by atoms with Crippen LogP contribution in [0.2, 0.25) is 0 Å². The number of anilines is 2. The third kappa shape index (κ3) is 5.40. The van der Waals surface area contributed by atoms with Gasteiger partial charge in [-0.1, -0.05) is 0 Å². The second-order valence-corrected chi connectivity index (χ2v) is 11.1. The highest BCUT2D eigenvalue weighted by atomic mass is 19.1. The second-order valence-electron chi connectivity index (χ2n) is 11.1. The van der Waals surface area contributed by atoms with Crippen molar-refractivity contribution >= 4 is 28.6 Å². The van der Waals surface area contributed by atoms with E-state index in [1.54, 1.807) is 6.07 Å². The molecule has 10 heteroatoms. The number of aliphatic hydroxyl groups is 1. The number of piperidine rings is 1. The number of likely N-dealkylation sites (tertiary alicyclic amines) is 1. The molecular formula is C30H34FN7O2. The zero-order valence-corrected chi connectivity index (χ0v) is 22.8. The van der Waals surface area contributed by atoms with Crippen molar-refractivity contribution in [3.63, 3.8) is 0 Å². The van der Waals surface area contributed by atoms with E-state index >= 15 is 0 Å². The molecule has 9 nitrogen and oxygen atoms in total. The molecular weight excluding hydrogens is 509 g/mol. The Balaban J connectivity index is 1.26. The molecule has 0 aromatic carbocycles. The van der Waals surface area contributed by atoms with E-state index in [-0.39, 0.29) is 24.0 Å². The molecule has 6 rings (SSSR count). The normalized spacial score (nSPS) is 20.1. The highest BCUT2D eigenvalue weighted by molar-refractivity contribution is 5.94.